The van der Waals surface area contributed by atoms with Crippen molar-refractivity contribution in [2.24, 2.45) is 0 Å². The fraction of sp³-hybridized carbons (Fsp3) is 0.444. The molecule has 0 bridgehead atoms. The van der Waals surface area contributed by atoms with Crippen LogP contribution >= 0.6 is 0 Å². The topological polar surface area (TPSA) is 249 Å². The van der Waals surface area contributed by atoms with Crippen LogP contribution in [0.15, 0.2) is 45.6 Å². The number of benzene rings is 2. The van der Waals surface area contributed by atoms with Gasteiger partial charge < -0.3 is 69.3 Å². The van der Waals surface area contributed by atoms with Crippen LogP contribution in [0.1, 0.15) is 6.92 Å². The number of phenols is 3. The Morgan fingerprint density at radius 3 is 2.17 bits per heavy atom. The van der Waals surface area contributed by atoms with Gasteiger partial charge in [0.1, 0.15) is 64.8 Å². The Bertz CT molecular complexity index is 1470. The van der Waals surface area contributed by atoms with E-state index in [-0.39, 0.29) is 22.7 Å². The second kappa shape index (κ2) is 11.6. The largest absolute Gasteiger partial charge is 0.508 e. The first-order valence-corrected chi connectivity index (χ1v) is 12.9. The fourth-order valence-corrected chi connectivity index (χ4v) is 4.87. The zero-order chi connectivity index (χ0) is 30.5. The van der Waals surface area contributed by atoms with Crippen molar-refractivity contribution in [2.75, 3.05) is 6.61 Å². The highest BCUT2D eigenvalue weighted by atomic mass is 16.8. The predicted molar refractivity (Wildman–Crippen MR) is 139 cm³/mol. The molecule has 2 aliphatic heterocycles. The number of rotatable bonds is 6. The van der Waals surface area contributed by atoms with E-state index in [2.05, 4.69) is 0 Å². The van der Waals surface area contributed by atoms with Gasteiger partial charge in [0.05, 0.1) is 12.7 Å². The van der Waals surface area contributed by atoms with Gasteiger partial charge in [0.25, 0.3) is 0 Å². The van der Waals surface area contributed by atoms with Crippen LogP contribution in [0.5, 0.6) is 23.0 Å². The van der Waals surface area contributed by atoms with Crippen molar-refractivity contribution in [3.63, 3.8) is 0 Å². The number of hydrogen-bond acceptors (Lipinski definition) is 15. The SMILES string of the molecule is C[C@@H]1O[C@@H](O[C@@H]2[C@H](Oc3c(-c4ccc(O)cc4)oc4cc(O)cc(O)c4c3=O)O[C@H](CO)[C@H](O)[C@@H]2O)[C@@H](O)[C@H](O)[C@@H]1O. The molecule has 228 valence electrons. The highest BCUT2D eigenvalue weighted by Crippen LogP contribution is 2.38. The lowest BCUT2D eigenvalue weighted by molar-refractivity contribution is -0.354. The van der Waals surface area contributed by atoms with Gasteiger partial charge in [0.2, 0.25) is 17.5 Å². The van der Waals surface area contributed by atoms with Crippen molar-refractivity contribution in [2.45, 2.75) is 68.3 Å². The number of aliphatic hydroxyl groups excluding tert-OH is 6. The number of fused-ring (bicyclic) bond motifs is 1. The normalized spacial score (nSPS) is 33.5. The molecule has 0 amide bonds. The molecule has 0 saturated carbocycles. The smallest absolute Gasteiger partial charge is 0.239 e. The van der Waals surface area contributed by atoms with E-state index in [9.17, 15) is 50.8 Å². The standard InChI is InChI=1S/C27H30O15/c1-9-17(32)20(35)22(37)26(38-9)42-25-21(36)18(33)15(8-28)40-27(25)41-24-19(34)16-13(31)6-12(30)7-14(16)39-23(24)10-2-4-11(29)5-3-10/h2-7,9,15,17-18,20-22,25-33,35-37H,8H2,1H3/t9-,15+,17+,18-,20+,21-,22-,25-,26-,27-/m0/s1. The molecule has 0 unspecified atom stereocenters. The number of aromatic hydroxyl groups is 3. The second-order valence-electron chi connectivity index (χ2n) is 10.1. The van der Waals surface area contributed by atoms with Crippen LogP contribution < -0.4 is 10.2 Å². The second-order valence-corrected chi connectivity index (χ2v) is 10.1. The Hall–Kier alpha value is -3.51. The molecule has 0 radical (unpaired) electrons. The van der Waals surface area contributed by atoms with E-state index in [1.807, 2.05) is 0 Å². The Morgan fingerprint density at radius 1 is 0.810 bits per heavy atom. The number of aliphatic hydroxyl groups is 6. The molecular formula is C27H30O15. The van der Waals surface area contributed by atoms with E-state index >= 15 is 0 Å². The van der Waals surface area contributed by atoms with E-state index in [4.69, 9.17) is 23.4 Å². The van der Waals surface area contributed by atoms with Gasteiger partial charge in [-0.15, -0.1) is 0 Å². The molecule has 9 N–H and O–H groups in total. The van der Waals surface area contributed by atoms with E-state index in [0.717, 1.165) is 12.1 Å². The van der Waals surface area contributed by atoms with Gasteiger partial charge in [-0.2, -0.15) is 0 Å². The third kappa shape index (κ3) is 5.37. The van der Waals surface area contributed by atoms with Crippen molar-refractivity contribution in [3.05, 3.63) is 46.6 Å². The first kappa shape index (κ1) is 30.0. The molecule has 2 aromatic carbocycles. The van der Waals surface area contributed by atoms with Gasteiger partial charge in [-0.05, 0) is 31.2 Å². The quantitative estimate of drug-likeness (QED) is 0.159. The number of hydrogen-bond donors (Lipinski definition) is 9. The summed E-state index contributed by atoms with van der Waals surface area (Å²) in [6.07, 6.45) is -16.3. The first-order valence-electron chi connectivity index (χ1n) is 12.9. The summed E-state index contributed by atoms with van der Waals surface area (Å²) in [5.41, 5.74) is -0.995. The van der Waals surface area contributed by atoms with Gasteiger partial charge in [-0.3, -0.25) is 4.79 Å². The van der Waals surface area contributed by atoms with E-state index in [0.29, 0.717) is 0 Å². The maximum atomic E-state index is 13.7. The average molecular weight is 595 g/mol. The summed E-state index contributed by atoms with van der Waals surface area (Å²) in [6, 6.07) is 7.31. The van der Waals surface area contributed by atoms with Gasteiger partial charge in [-0.25, -0.2) is 0 Å². The van der Waals surface area contributed by atoms with E-state index in [1.54, 1.807) is 0 Å². The summed E-state index contributed by atoms with van der Waals surface area (Å²) in [6.45, 7) is 0.593. The van der Waals surface area contributed by atoms with Crippen molar-refractivity contribution in [1.82, 2.24) is 0 Å². The minimum Gasteiger partial charge on any atom is -0.508 e. The van der Waals surface area contributed by atoms with Crippen molar-refractivity contribution in [1.29, 1.82) is 0 Å². The highest BCUT2D eigenvalue weighted by molar-refractivity contribution is 5.88. The van der Waals surface area contributed by atoms with Crippen molar-refractivity contribution in [3.8, 4) is 34.3 Å². The summed E-state index contributed by atoms with van der Waals surface area (Å²) < 4.78 is 28.5. The van der Waals surface area contributed by atoms with Gasteiger partial charge >= 0.3 is 0 Å². The lowest BCUT2D eigenvalue weighted by atomic mass is 9.97. The minimum atomic E-state index is -1.87. The zero-order valence-corrected chi connectivity index (χ0v) is 21.9. The third-order valence-electron chi connectivity index (χ3n) is 7.21. The van der Waals surface area contributed by atoms with Crippen LogP contribution in [0.3, 0.4) is 0 Å². The monoisotopic (exact) mass is 594 g/mol. The summed E-state index contributed by atoms with van der Waals surface area (Å²) in [5, 5.41) is 91.6. The number of phenolic OH excluding ortho intramolecular Hbond substituents is 3. The molecule has 5 rings (SSSR count). The highest BCUT2D eigenvalue weighted by Gasteiger charge is 2.51. The molecule has 1 aromatic heterocycles. The summed E-state index contributed by atoms with van der Waals surface area (Å²) in [7, 11) is 0. The summed E-state index contributed by atoms with van der Waals surface area (Å²) >= 11 is 0. The fourth-order valence-electron chi connectivity index (χ4n) is 4.87. The Labute approximate surface area is 236 Å². The lowest BCUT2D eigenvalue weighted by Crippen LogP contribution is -2.64. The van der Waals surface area contributed by atoms with E-state index in [1.165, 1.54) is 31.2 Å². The van der Waals surface area contributed by atoms with Gasteiger partial charge in [0, 0.05) is 17.7 Å². The maximum Gasteiger partial charge on any atom is 0.239 e. The first-order chi connectivity index (χ1) is 19.9. The van der Waals surface area contributed by atoms with Crippen LogP contribution in [0.25, 0.3) is 22.3 Å². The lowest BCUT2D eigenvalue weighted by Gasteiger charge is -2.45. The number of ether oxygens (including phenoxy) is 4. The molecule has 10 atom stereocenters. The van der Waals surface area contributed by atoms with Crippen molar-refractivity contribution >= 4 is 11.0 Å². The molecule has 15 nitrogen and oxygen atoms in total. The van der Waals surface area contributed by atoms with Crippen molar-refractivity contribution < 1.29 is 69.3 Å². The Balaban J connectivity index is 1.60. The Morgan fingerprint density at radius 2 is 1.50 bits per heavy atom. The molecule has 0 spiro atoms. The van der Waals surface area contributed by atoms with Crippen LogP contribution in [0.2, 0.25) is 0 Å². The maximum absolute atomic E-state index is 13.7. The molecule has 0 aliphatic carbocycles. The predicted octanol–water partition coefficient (Wildman–Crippen LogP) is -1.39. The van der Waals surface area contributed by atoms with Crippen LogP contribution in [0, 0.1) is 0 Å². The molecule has 2 fully saturated rings. The van der Waals surface area contributed by atoms with Crippen LogP contribution in [-0.2, 0) is 14.2 Å². The molecule has 3 aromatic rings. The van der Waals surface area contributed by atoms with Crippen LogP contribution in [0.4, 0.5) is 0 Å². The van der Waals surface area contributed by atoms with Gasteiger partial charge in [0.15, 0.2) is 18.2 Å². The molecule has 2 saturated heterocycles. The minimum absolute atomic E-state index is 0.112. The molecule has 15 heteroatoms. The molecule has 3 heterocycles. The molecule has 2 aliphatic rings. The third-order valence-corrected chi connectivity index (χ3v) is 7.21. The Kier molecular flexibility index (Phi) is 8.30. The zero-order valence-electron chi connectivity index (χ0n) is 21.9. The molecular weight excluding hydrogens is 564 g/mol. The van der Waals surface area contributed by atoms with E-state index < -0.39 is 96.1 Å². The van der Waals surface area contributed by atoms with Gasteiger partial charge in [-0.1, -0.05) is 0 Å². The average Bonchev–Trinajstić information content (AvgIpc) is 2.95. The summed E-state index contributed by atoms with van der Waals surface area (Å²) in [4.78, 5) is 13.7. The summed E-state index contributed by atoms with van der Waals surface area (Å²) in [5.74, 6) is -2.03. The van der Waals surface area contributed by atoms with Crippen LogP contribution in [-0.4, -0.2) is 114 Å². The molecule has 42 heavy (non-hydrogen) atoms.